The molecule has 86 valence electrons. The van der Waals surface area contributed by atoms with Crippen molar-refractivity contribution in [2.45, 2.75) is 12.3 Å². The van der Waals surface area contributed by atoms with Crippen LogP contribution in [0.2, 0.25) is 0 Å². The molecule has 2 rings (SSSR count). The molecule has 0 saturated heterocycles. The van der Waals surface area contributed by atoms with E-state index in [2.05, 4.69) is 6.07 Å². The van der Waals surface area contributed by atoms with Gasteiger partial charge >= 0.3 is 5.97 Å². The molecule has 0 fully saturated rings. The summed E-state index contributed by atoms with van der Waals surface area (Å²) in [6.07, 6.45) is 0.976. The highest BCUT2D eigenvalue weighted by atomic mass is 32.2. The monoisotopic (exact) mass is 238 g/mol. The smallest absolute Gasteiger partial charge is 0.313 e. The number of thioether (sulfide) groups is 1. The molecule has 0 aliphatic carbocycles. The number of carboxylic acid groups (broad SMARTS) is 1. The SMILES string of the molecule is O=C(O)CSCC1CCOc2ccccc21. The summed E-state index contributed by atoms with van der Waals surface area (Å²) in [5.41, 5.74) is 1.21. The molecule has 1 unspecified atom stereocenters. The van der Waals surface area contributed by atoms with E-state index in [0.29, 0.717) is 5.92 Å². The second kappa shape index (κ2) is 5.25. The summed E-state index contributed by atoms with van der Waals surface area (Å²) in [5, 5.41) is 8.59. The molecule has 1 aromatic rings. The van der Waals surface area contributed by atoms with Gasteiger partial charge in [0.1, 0.15) is 5.75 Å². The predicted octanol–water partition coefficient (Wildman–Crippen LogP) is 2.37. The van der Waals surface area contributed by atoms with E-state index in [1.807, 2.05) is 18.2 Å². The van der Waals surface area contributed by atoms with Crippen molar-refractivity contribution < 1.29 is 14.6 Å². The third-order valence-corrected chi connectivity index (χ3v) is 3.72. The van der Waals surface area contributed by atoms with Gasteiger partial charge in [-0.2, -0.15) is 0 Å². The van der Waals surface area contributed by atoms with E-state index in [1.165, 1.54) is 17.3 Å². The van der Waals surface area contributed by atoms with Gasteiger partial charge in [-0.05, 0) is 24.0 Å². The Kier molecular flexibility index (Phi) is 3.72. The van der Waals surface area contributed by atoms with Gasteiger partial charge in [-0.15, -0.1) is 11.8 Å². The number of para-hydroxylation sites is 1. The van der Waals surface area contributed by atoms with Crippen LogP contribution in [0.5, 0.6) is 5.75 Å². The molecule has 0 aromatic heterocycles. The first kappa shape index (κ1) is 11.3. The molecule has 0 bridgehead atoms. The highest BCUT2D eigenvalue weighted by Gasteiger charge is 2.20. The minimum Gasteiger partial charge on any atom is -0.493 e. The lowest BCUT2D eigenvalue weighted by molar-refractivity contribution is -0.133. The number of rotatable bonds is 4. The normalized spacial score (nSPS) is 18.6. The third-order valence-electron chi connectivity index (χ3n) is 2.63. The van der Waals surface area contributed by atoms with Crippen molar-refractivity contribution in [1.82, 2.24) is 0 Å². The van der Waals surface area contributed by atoms with E-state index >= 15 is 0 Å². The number of carbonyl (C=O) groups is 1. The summed E-state index contributed by atoms with van der Waals surface area (Å²) in [5.74, 6) is 1.67. The number of fused-ring (bicyclic) bond motifs is 1. The summed E-state index contributed by atoms with van der Waals surface area (Å²) >= 11 is 1.48. The Morgan fingerprint density at radius 2 is 2.31 bits per heavy atom. The molecule has 0 amide bonds. The van der Waals surface area contributed by atoms with Crippen molar-refractivity contribution in [1.29, 1.82) is 0 Å². The zero-order valence-corrected chi connectivity index (χ0v) is 9.70. The quantitative estimate of drug-likeness (QED) is 0.874. The molecule has 4 heteroatoms. The van der Waals surface area contributed by atoms with Crippen LogP contribution in [0.1, 0.15) is 17.9 Å². The van der Waals surface area contributed by atoms with Gasteiger partial charge in [-0.3, -0.25) is 4.79 Å². The fraction of sp³-hybridized carbons (Fsp3) is 0.417. The van der Waals surface area contributed by atoms with Crippen molar-refractivity contribution in [2.24, 2.45) is 0 Å². The van der Waals surface area contributed by atoms with E-state index < -0.39 is 5.97 Å². The first-order valence-electron chi connectivity index (χ1n) is 5.28. The number of ether oxygens (including phenoxy) is 1. The molecule has 0 saturated carbocycles. The van der Waals surface area contributed by atoms with Crippen molar-refractivity contribution in [2.75, 3.05) is 18.1 Å². The maximum atomic E-state index is 10.4. The zero-order valence-electron chi connectivity index (χ0n) is 8.89. The van der Waals surface area contributed by atoms with Crippen LogP contribution in [0.15, 0.2) is 24.3 Å². The van der Waals surface area contributed by atoms with Crippen LogP contribution in [-0.4, -0.2) is 29.2 Å². The zero-order chi connectivity index (χ0) is 11.4. The summed E-state index contributed by atoms with van der Waals surface area (Å²) in [6.45, 7) is 0.731. The number of benzene rings is 1. The summed E-state index contributed by atoms with van der Waals surface area (Å²) in [6, 6.07) is 8.01. The minimum atomic E-state index is -0.745. The largest absolute Gasteiger partial charge is 0.493 e. The first-order chi connectivity index (χ1) is 7.77. The second-order valence-electron chi connectivity index (χ2n) is 3.78. The fourth-order valence-electron chi connectivity index (χ4n) is 1.88. The molecular weight excluding hydrogens is 224 g/mol. The Hall–Kier alpha value is -1.16. The van der Waals surface area contributed by atoms with Crippen molar-refractivity contribution >= 4 is 17.7 Å². The number of carboxylic acids is 1. The lowest BCUT2D eigenvalue weighted by atomic mass is 9.95. The van der Waals surface area contributed by atoms with Crippen LogP contribution in [-0.2, 0) is 4.79 Å². The van der Waals surface area contributed by atoms with Gasteiger partial charge in [0, 0.05) is 5.75 Å². The van der Waals surface area contributed by atoms with Crippen LogP contribution in [0.25, 0.3) is 0 Å². The second-order valence-corrected chi connectivity index (χ2v) is 4.81. The van der Waals surface area contributed by atoms with Crippen LogP contribution in [0, 0.1) is 0 Å². The first-order valence-corrected chi connectivity index (χ1v) is 6.44. The molecule has 1 N–H and O–H groups in total. The van der Waals surface area contributed by atoms with Gasteiger partial charge in [0.25, 0.3) is 0 Å². The summed E-state index contributed by atoms with van der Waals surface area (Å²) < 4.78 is 5.56. The van der Waals surface area contributed by atoms with Crippen LogP contribution in [0.4, 0.5) is 0 Å². The van der Waals surface area contributed by atoms with Gasteiger partial charge < -0.3 is 9.84 Å². The van der Waals surface area contributed by atoms with E-state index in [1.54, 1.807) is 0 Å². The number of hydrogen-bond acceptors (Lipinski definition) is 3. The van der Waals surface area contributed by atoms with E-state index in [9.17, 15) is 4.79 Å². The molecule has 1 atom stereocenters. The Morgan fingerprint density at radius 3 is 3.12 bits per heavy atom. The Bertz CT molecular complexity index is 378. The third kappa shape index (κ3) is 2.70. The molecule has 1 aromatic carbocycles. The Balaban J connectivity index is 1.99. The van der Waals surface area contributed by atoms with Gasteiger partial charge in [-0.25, -0.2) is 0 Å². The van der Waals surface area contributed by atoms with Crippen LogP contribution < -0.4 is 4.74 Å². The molecule has 0 spiro atoms. The average molecular weight is 238 g/mol. The minimum absolute atomic E-state index is 0.180. The lowest BCUT2D eigenvalue weighted by Crippen LogP contribution is -2.16. The average Bonchev–Trinajstić information content (AvgIpc) is 2.29. The van der Waals surface area contributed by atoms with Gasteiger partial charge in [0.05, 0.1) is 12.4 Å². The predicted molar refractivity (Wildman–Crippen MR) is 64.3 cm³/mol. The van der Waals surface area contributed by atoms with E-state index in [4.69, 9.17) is 9.84 Å². The molecule has 0 radical (unpaired) electrons. The summed E-state index contributed by atoms with van der Waals surface area (Å²) in [7, 11) is 0. The lowest BCUT2D eigenvalue weighted by Gasteiger charge is -2.25. The molecule has 1 aliphatic heterocycles. The Labute approximate surface area is 98.8 Å². The number of hydrogen-bond donors (Lipinski definition) is 1. The van der Waals surface area contributed by atoms with Crippen molar-refractivity contribution in [3.05, 3.63) is 29.8 Å². The van der Waals surface area contributed by atoms with Gasteiger partial charge in [0.2, 0.25) is 0 Å². The maximum absolute atomic E-state index is 10.4. The van der Waals surface area contributed by atoms with Crippen LogP contribution in [0.3, 0.4) is 0 Å². The maximum Gasteiger partial charge on any atom is 0.313 e. The number of aliphatic carboxylic acids is 1. The van der Waals surface area contributed by atoms with Crippen molar-refractivity contribution in [3.63, 3.8) is 0 Å². The highest BCUT2D eigenvalue weighted by molar-refractivity contribution is 7.99. The fourth-order valence-corrected chi connectivity index (χ4v) is 2.80. The molecule has 16 heavy (non-hydrogen) atoms. The van der Waals surface area contributed by atoms with Crippen LogP contribution >= 0.6 is 11.8 Å². The van der Waals surface area contributed by atoms with Gasteiger partial charge in [-0.1, -0.05) is 18.2 Å². The molecular formula is C12H14O3S. The molecule has 1 aliphatic rings. The topological polar surface area (TPSA) is 46.5 Å². The molecule has 3 nitrogen and oxygen atoms in total. The van der Waals surface area contributed by atoms with E-state index in [-0.39, 0.29) is 5.75 Å². The Morgan fingerprint density at radius 1 is 1.50 bits per heavy atom. The highest BCUT2D eigenvalue weighted by Crippen LogP contribution is 2.35. The van der Waals surface area contributed by atoms with E-state index in [0.717, 1.165) is 24.5 Å². The van der Waals surface area contributed by atoms with Gasteiger partial charge in [0.15, 0.2) is 0 Å². The molecule has 1 heterocycles. The van der Waals surface area contributed by atoms with Crippen molar-refractivity contribution in [3.8, 4) is 5.75 Å². The standard InChI is InChI=1S/C12H14O3S/c13-12(14)8-16-7-9-5-6-15-11-4-2-1-3-10(9)11/h1-4,9H,5-8H2,(H,13,14). The summed E-state index contributed by atoms with van der Waals surface area (Å²) in [4.78, 5) is 10.4.